The molecule has 0 aliphatic carbocycles. The first-order chi connectivity index (χ1) is 15.2. The molecule has 0 aliphatic heterocycles. The minimum absolute atomic E-state index is 0. The molecule has 2 atom stereocenters. The van der Waals surface area contributed by atoms with Gasteiger partial charge in [-0.05, 0) is 25.7 Å². The fraction of sp³-hybridized carbons (Fsp3) is 1.00. The molecule has 0 aliphatic rings. The molecule has 9 heteroatoms. The van der Waals surface area contributed by atoms with Crippen LogP contribution in [-0.4, -0.2) is 25.5 Å². The van der Waals surface area contributed by atoms with Gasteiger partial charge in [-0.1, -0.05) is 105 Å². The molecule has 0 fully saturated rings. The van der Waals surface area contributed by atoms with Gasteiger partial charge < -0.3 is 28.0 Å². The molecular formula is C24H52CrO6P2. The molecule has 0 aromatic carbocycles. The van der Waals surface area contributed by atoms with Crippen molar-refractivity contribution < 1.29 is 45.3 Å². The summed E-state index contributed by atoms with van der Waals surface area (Å²) < 4.78 is 32.8. The minimum Gasteiger partial charge on any atom is -0.778 e. The zero-order valence-corrected chi connectivity index (χ0v) is 25.0. The Bertz CT molecular complexity index is 438. The van der Waals surface area contributed by atoms with Crippen LogP contribution in [0.2, 0.25) is 0 Å². The second-order valence-corrected chi connectivity index (χ2v) is 12.4. The molecule has 0 N–H and O–H groups in total. The zero-order valence-electron chi connectivity index (χ0n) is 21.9. The van der Waals surface area contributed by atoms with E-state index < -0.39 is 15.2 Å². The van der Waals surface area contributed by atoms with Crippen molar-refractivity contribution in [2.75, 3.05) is 25.5 Å². The van der Waals surface area contributed by atoms with Crippen LogP contribution in [0, 0.1) is 0 Å². The van der Waals surface area contributed by atoms with E-state index in [2.05, 4.69) is 27.7 Å². The predicted octanol–water partition coefficient (Wildman–Crippen LogP) is 7.43. The van der Waals surface area contributed by atoms with Gasteiger partial charge in [0.25, 0.3) is 0 Å². The van der Waals surface area contributed by atoms with E-state index in [9.17, 15) is 18.9 Å². The molecule has 0 aromatic rings. The van der Waals surface area contributed by atoms with Crippen LogP contribution in [0.1, 0.15) is 130 Å². The van der Waals surface area contributed by atoms with Crippen molar-refractivity contribution in [3.63, 3.8) is 0 Å². The van der Waals surface area contributed by atoms with E-state index in [4.69, 9.17) is 9.05 Å². The summed E-state index contributed by atoms with van der Waals surface area (Å²) in [6.45, 7) is 9.23. The monoisotopic (exact) mass is 550 g/mol. The molecule has 0 saturated heterocycles. The zero-order chi connectivity index (χ0) is 24.6. The van der Waals surface area contributed by atoms with Crippen molar-refractivity contribution >= 4 is 15.2 Å². The van der Waals surface area contributed by atoms with Gasteiger partial charge in [-0.2, -0.15) is 0 Å². The molecule has 0 bridgehead atoms. The minimum atomic E-state index is -3.53. The van der Waals surface area contributed by atoms with E-state index >= 15 is 0 Å². The molecule has 0 rings (SSSR count). The topological polar surface area (TPSA) is 98.7 Å². The van der Waals surface area contributed by atoms with Crippen molar-refractivity contribution in [2.45, 2.75) is 130 Å². The van der Waals surface area contributed by atoms with Crippen LogP contribution >= 0.6 is 15.2 Å². The molecule has 0 amide bonds. The van der Waals surface area contributed by atoms with E-state index in [1.54, 1.807) is 0 Å². The van der Waals surface area contributed by atoms with Crippen LogP contribution in [0.3, 0.4) is 0 Å². The maximum absolute atomic E-state index is 11.4. The van der Waals surface area contributed by atoms with Gasteiger partial charge in [-0.15, -0.1) is 0 Å². The van der Waals surface area contributed by atoms with E-state index in [0.29, 0.717) is 13.2 Å². The fourth-order valence-corrected chi connectivity index (χ4v) is 5.35. The predicted molar refractivity (Wildman–Crippen MR) is 133 cm³/mol. The molecule has 33 heavy (non-hydrogen) atoms. The summed E-state index contributed by atoms with van der Waals surface area (Å²) in [5, 5.41) is 0. The number of hydrogen-bond acceptors (Lipinski definition) is 6. The van der Waals surface area contributed by atoms with Gasteiger partial charge in [0.05, 0.1) is 13.2 Å². The second-order valence-electron chi connectivity index (χ2n) is 8.58. The van der Waals surface area contributed by atoms with Crippen molar-refractivity contribution in [3.8, 4) is 0 Å². The first-order valence-electron chi connectivity index (χ1n) is 13.1. The van der Waals surface area contributed by atoms with Gasteiger partial charge in [0, 0.05) is 12.3 Å². The van der Waals surface area contributed by atoms with Crippen LogP contribution < -0.4 is 9.79 Å². The van der Waals surface area contributed by atoms with E-state index in [1.807, 2.05) is 0 Å². The molecule has 6 nitrogen and oxygen atoms in total. The Hall–Kier alpha value is 0.832. The van der Waals surface area contributed by atoms with Crippen molar-refractivity contribution in [1.29, 1.82) is 0 Å². The summed E-state index contributed by atoms with van der Waals surface area (Å²) in [5.41, 5.74) is 0. The Morgan fingerprint density at radius 3 is 1.03 bits per heavy atom. The summed E-state index contributed by atoms with van der Waals surface area (Å²) in [7, 11) is -7.06. The van der Waals surface area contributed by atoms with Crippen molar-refractivity contribution in [2.24, 2.45) is 0 Å². The summed E-state index contributed by atoms with van der Waals surface area (Å²) in [5.74, 6) is 0. The van der Waals surface area contributed by atoms with Gasteiger partial charge in [0.2, 0.25) is 0 Å². The summed E-state index contributed by atoms with van der Waals surface area (Å²) >= 11 is 0. The number of hydrogen-bond donors (Lipinski definition) is 0. The van der Waals surface area contributed by atoms with Crippen LogP contribution in [0.4, 0.5) is 0 Å². The Balaban J connectivity index is -0.000000529. The molecule has 0 saturated carbocycles. The fourth-order valence-electron chi connectivity index (χ4n) is 3.06. The van der Waals surface area contributed by atoms with Crippen molar-refractivity contribution in [3.05, 3.63) is 0 Å². The summed E-state index contributed by atoms with van der Waals surface area (Å²) in [6, 6.07) is 0. The molecule has 0 aromatic heterocycles. The van der Waals surface area contributed by atoms with E-state index in [1.165, 1.54) is 0 Å². The SMILES string of the molecule is CCCCCCOP(=O)([O-])CCCCCC.CCCCCCOP(=O)([O-])CCCCCC.[Cr+2]. The Morgan fingerprint density at radius 1 is 0.485 bits per heavy atom. The van der Waals surface area contributed by atoms with Crippen molar-refractivity contribution in [1.82, 2.24) is 0 Å². The van der Waals surface area contributed by atoms with Crippen LogP contribution in [0.5, 0.6) is 0 Å². The maximum atomic E-state index is 11.4. The Morgan fingerprint density at radius 2 is 0.758 bits per heavy atom. The van der Waals surface area contributed by atoms with E-state index in [-0.39, 0.29) is 29.7 Å². The number of rotatable bonds is 22. The standard InChI is InChI=1S/2C12H27O3P.Cr/c2*1-3-5-7-9-11-15-16(13,14)12-10-8-6-4-2;/h2*3-12H2,1-2H3,(H,13,14);/q;;+2/p-2. The normalized spacial score (nSPS) is 14.5. The third kappa shape index (κ3) is 32.8. The largest absolute Gasteiger partial charge is 2.00 e. The average molecular weight is 551 g/mol. The molecule has 0 radical (unpaired) electrons. The maximum Gasteiger partial charge on any atom is 2.00 e. The quantitative estimate of drug-likeness (QED) is 0.103. The van der Waals surface area contributed by atoms with Crippen LogP contribution in [0.15, 0.2) is 0 Å². The Labute approximate surface area is 216 Å². The summed E-state index contributed by atoms with van der Waals surface area (Å²) in [6.07, 6.45) is 16.8. The number of unbranched alkanes of at least 4 members (excludes halogenated alkanes) is 12. The molecule has 0 spiro atoms. The molecular weight excluding hydrogens is 498 g/mol. The molecule has 0 heterocycles. The van der Waals surface area contributed by atoms with Gasteiger partial charge in [0.15, 0.2) is 0 Å². The smallest absolute Gasteiger partial charge is 0.778 e. The van der Waals surface area contributed by atoms with Gasteiger partial charge >= 0.3 is 17.4 Å². The van der Waals surface area contributed by atoms with Gasteiger partial charge in [0.1, 0.15) is 15.2 Å². The molecule has 2 unspecified atom stereocenters. The summed E-state index contributed by atoms with van der Waals surface area (Å²) in [4.78, 5) is 22.9. The second kappa shape index (κ2) is 27.4. The first kappa shape index (κ1) is 38.4. The van der Waals surface area contributed by atoms with Gasteiger partial charge in [-0.3, -0.25) is 0 Å². The van der Waals surface area contributed by atoms with Crippen LogP contribution in [0.25, 0.3) is 0 Å². The average Bonchev–Trinajstić information content (AvgIpc) is 2.74. The van der Waals surface area contributed by atoms with Crippen LogP contribution in [-0.2, 0) is 35.5 Å². The Kier molecular flexibility index (Phi) is 31.9. The van der Waals surface area contributed by atoms with E-state index in [0.717, 1.165) is 103 Å². The third-order valence-corrected chi connectivity index (χ3v) is 8.02. The third-order valence-electron chi connectivity index (χ3n) is 5.14. The van der Waals surface area contributed by atoms with Gasteiger partial charge in [-0.25, -0.2) is 0 Å². The first-order valence-corrected chi connectivity index (χ1v) is 16.6. The molecule has 200 valence electrons.